The van der Waals surface area contributed by atoms with Gasteiger partial charge in [0, 0.05) is 51.8 Å². The summed E-state index contributed by atoms with van der Waals surface area (Å²) in [5, 5.41) is 18.5. The summed E-state index contributed by atoms with van der Waals surface area (Å²) in [7, 11) is 0. The van der Waals surface area contributed by atoms with Crippen LogP contribution in [0.2, 0.25) is 0 Å². The smallest absolute Gasteiger partial charge is 0.346 e. The van der Waals surface area contributed by atoms with E-state index in [9.17, 15) is 15.2 Å². The van der Waals surface area contributed by atoms with Gasteiger partial charge in [-0.05, 0) is 121 Å². The second-order valence-corrected chi connectivity index (χ2v) is 13.5. The highest BCUT2D eigenvalue weighted by atomic mass is 79.9. The highest BCUT2D eigenvalue weighted by Gasteiger charge is 2.18. The predicted molar refractivity (Wildman–Crippen MR) is 210 cm³/mol. The maximum Gasteiger partial charge on any atom is 0.346 e. The van der Waals surface area contributed by atoms with Gasteiger partial charge in [-0.1, -0.05) is 76.6 Å². The van der Waals surface area contributed by atoms with Gasteiger partial charge in [-0.2, -0.15) is 5.26 Å². The number of halogens is 1. The molecule has 0 spiro atoms. The minimum absolute atomic E-state index is 0.282. The molecule has 1 N–H and O–H groups in total. The number of carboxylic acid groups (broad SMARTS) is 1. The fourth-order valence-corrected chi connectivity index (χ4v) is 7.27. The number of hydrogen-bond donors (Lipinski definition) is 1. The highest BCUT2D eigenvalue weighted by Crippen LogP contribution is 2.39. The molecule has 0 saturated heterocycles. The molecule has 1 heterocycles. The summed E-state index contributed by atoms with van der Waals surface area (Å²) in [6.07, 6.45) is 1.42. The second kappa shape index (κ2) is 16.5. The Bertz CT molecular complexity index is 1920. The van der Waals surface area contributed by atoms with Crippen molar-refractivity contribution in [3.63, 3.8) is 0 Å². The Labute approximate surface area is 302 Å². The maximum atomic E-state index is 11.4. The van der Waals surface area contributed by atoms with Crippen molar-refractivity contribution in [2.24, 2.45) is 0 Å². The van der Waals surface area contributed by atoms with Crippen LogP contribution in [-0.2, 0) is 4.79 Å². The minimum Gasteiger partial charge on any atom is -0.477 e. The summed E-state index contributed by atoms with van der Waals surface area (Å²) in [6.45, 7) is 12.5. The molecule has 0 aliphatic rings. The monoisotopic (exact) mass is 729 g/mol. The summed E-state index contributed by atoms with van der Waals surface area (Å²) in [5.41, 5.74) is 9.87. The third-order valence-electron chi connectivity index (χ3n) is 8.67. The van der Waals surface area contributed by atoms with Gasteiger partial charge < -0.3 is 14.9 Å². The van der Waals surface area contributed by atoms with Crippen molar-refractivity contribution >= 4 is 61.8 Å². The van der Waals surface area contributed by atoms with E-state index in [1.807, 2.05) is 12.1 Å². The lowest BCUT2D eigenvalue weighted by Gasteiger charge is -2.24. The number of thiophene rings is 1. The first-order chi connectivity index (χ1) is 23.8. The van der Waals surface area contributed by atoms with Gasteiger partial charge in [0.25, 0.3) is 0 Å². The summed E-state index contributed by atoms with van der Waals surface area (Å²) in [4.78, 5) is 17.8. The van der Waals surface area contributed by atoms with Crippen molar-refractivity contribution in [1.82, 2.24) is 0 Å². The molecule has 5 rings (SSSR count). The van der Waals surface area contributed by atoms with E-state index in [0.717, 1.165) is 79.4 Å². The quantitative estimate of drug-likeness (QED) is 0.0742. The van der Waals surface area contributed by atoms with Crippen molar-refractivity contribution in [3.05, 3.63) is 146 Å². The number of aliphatic carboxylic acids is 1. The fourth-order valence-electron chi connectivity index (χ4n) is 6.05. The lowest BCUT2D eigenvalue weighted by molar-refractivity contribution is -0.132. The van der Waals surface area contributed by atoms with Gasteiger partial charge in [0.1, 0.15) is 11.6 Å². The number of rotatable bonds is 13. The molecule has 4 aromatic carbocycles. The van der Waals surface area contributed by atoms with E-state index in [1.165, 1.54) is 28.8 Å². The zero-order chi connectivity index (χ0) is 34.9. The van der Waals surface area contributed by atoms with Crippen molar-refractivity contribution in [2.75, 3.05) is 36.0 Å². The van der Waals surface area contributed by atoms with Gasteiger partial charge in [-0.15, -0.1) is 11.3 Å². The van der Waals surface area contributed by atoms with E-state index in [4.69, 9.17) is 0 Å². The number of carbonyl (C=O) groups is 1. The van der Waals surface area contributed by atoms with Crippen molar-refractivity contribution in [3.8, 4) is 16.5 Å². The number of anilines is 2. The van der Waals surface area contributed by atoms with Crippen LogP contribution in [0, 0.1) is 11.3 Å². The van der Waals surface area contributed by atoms with Crippen LogP contribution in [0.25, 0.3) is 27.7 Å². The molecule has 0 amide bonds. The molecule has 0 radical (unpaired) electrons. The number of benzene rings is 4. The number of carboxylic acids is 1. The third kappa shape index (κ3) is 8.22. The van der Waals surface area contributed by atoms with Crippen LogP contribution in [0.1, 0.15) is 54.8 Å². The first kappa shape index (κ1) is 35.4. The van der Waals surface area contributed by atoms with Gasteiger partial charge in [0.15, 0.2) is 0 Å². The lowest BCUT2D eigenvalue weighted by Crippen LogP contribution is -2.21. The second-order valence-electron chi connectivity index (χ2n) is 11.4. The molecule has 5 nitrogen and oxygen atoms in total. The van der Waals surface area contributed by atoms with Crippen LogP contribution in [0.5, 0.6) is 0 Å². The number of nitriles is 1. The van der Waals surface area contributed by atoms with E-state index < -0.39 is 5.97 Å². The zero-order valence-electron chi connectivity index (χ0n) is 28.3. The number of hydrogen-bond acceptors (Lipinski definition) is 5. The summed E-state index contributed by atoms with van der Waals surface area (Å²) < 4.78 is 1.02. The normalized spacial score (nSPS) is 11.1. The molecule has 0 bridgehead atoms. The molecule has 0 aliphatic carbocycles. The van der Waals surface area contributed by atoms with Crippen LogP contribution in [0.15, 0.2) is 119 Å². The average molecular weight is 731 g/mol. The summed E-state index contributed by atoms with van der Waals surface area (Å²) >= 11 is 5.09. The van der Waals surface area contributed by atoms with Gasteiger partial charge in [-0.25, -0.2) is 4.79 Å². The van der Waals surface area contributed by atoms with Gasteiger partial charge >= 0.3 is 5.97 Å². The molecule has 5 aromatic rings. The molecule has 7 heteroatoms. The summed E-state index contributed by atoms with van der Waals surface area (Å²) in [6, 6.07) is 40.5. The molecule has 0 unspecified atom stereocenters. The molecular weight excluding hydrogens is 690 g/mol. The zero-order valence-corrected chi connectivity index (χ0v) is 30.7. The largest absolute Gasteiger partial charge is 0.477 e. The molecule has 0 fully saturated rings. The first-order valence-electron chi connectivity index (χ1n) is 16.6. The number of nitrogens with zero attached hydrogens (tertiary/aromatic N) is 3. The topological polar surface area (TPSA) is 67.6 Å². The average Bonchev–Trinajstić information content (AvgIpc) is 3.60. The maximum absolute atomic E-state index is 11.4. The van der Waals surface area contributed by atoms with Gasteiger partial charge in [0.2, 0.25) is 0 Å². The standard InChI is InChI=1S/C42H40BrN3O2S/c1-5-45(6-2)36-21-15-32(16-22-36)41(33-17-23-37(24-18-33)46(7-3)8-4)40(31-13-19-35(43)20-14-31)30-11-9-29(10-12-30)39-26-25-38(49-39)27-34(28-44)42(47)48/h9-27H,5-8H2,1-4H3,(H,47,48)/b34-27-. The molecule has 248 valence electrons. The Morgan fingerprint density at radius 3 is 1.47 bits per heavy atom. The Kier molecular flexibility index (Phi) is 11.9. The molecule has 49 heavy (non-hydrogen) atoms. The van der Waals surface area contributed by atoms with Crippen molar-refractivity contribution < 1.29 is 9.90 Å². The van der Waals surface area contributed by atoms with E-state index in [-0.39, 0.29) is 5.57 Å². The van der Waals surface area contributed by atoms with Crippen LogP contribution < -0.4 is 9.80 Å². The fraction of sp³-hybridized carbons (Fsp3) is 0.190. The molecular formula is C42H40BrN3O2S. The van der Waals surface area contributed by atoms with Gasteiger partial charge in [0.05, 0.1) is 0 Å². The lowest BCUT2D eigenvalue weighted by atomic mass is 9.85. The SMILES string of the molecule is CCN(CC)c1ccc(C(=C(c2ccc(Br)cc2)c2ccc(-c3ccc(/C=C(/C#N)C(=O)O)s3)cc2)c2ccc(N(CC)CC)cc2)cc1. The highest BCUT2D eigenvalue weighted by molar-refractivity contribution is 9.10. The molecule has 0 aliphatic heterocycles. The third-order valence-corrected chi connectivity index (χ3v) is 10.3. The van der Waals surface area contributed by atoms with Crippen LogP contribution in [-0.4, -0.2) is 37.3 Å². The van der Waals surface area contributed by atoms with Crippen LogP contribution in [0.4, 0.5) is 11.4 Å². The van der Waals surface area contributed by atoms with Crippen LogP contribution >= 0.6 is 27.3 Å². The van der Waals surface area contributed by atoms with Gasteiger partial charge in [-0.3, -0.25) is 0 Å². The van der Waals surface area contributed by atoms with Crippen LogP contribution in [0.3, 0.4) is 0 Å². The molecule has 0 saturated carbocycles. The van der Waals surface area contributed by atoms with E-state index in [2.05, 4.69) is 150 Å². The van der Waals surface area contributed by atoms with Crippen molar-refractivity contribution in [2.45, 2.75) is 27.7 Å². The molecule has 0 atom stereocenters. The molecule has 1 aromatic heterocycles. The Morgan fingerprint density at radius 1 is 0.673 bits per heavy atom. The van der Waals surface area contributed by atoms with Crippen molar-refractivity contribution in [1.29, 1.82) is 5.26 Å². The Morgan fingerprint density at radius 2 is 1.08 bits per heavy atom. The predicted octanol–water partition coefficient (Wildman–Crippen LogP) is 10.9. The summed E-state index contributed by atoms with van der Waals surface area (Å²) in [5.74, 6) is -1.23. The first-order valence-corrected chi connectivity index (χ1v) is 18.2. The Balaban J connectivity index is 1.69. The minimum atomic E-state index is -1.23. The van der Waals surface area contributed by atoms with E-state index in [1.54, 1.807) is 6.07 Å². The van der Waals surface area contributed by atoms with E-state index in [0.29, 0.717) is 0 Å². The van der Waals surface area contributed by atoms with E-state index >= 15 is 0 Å². The Hall–Kier alpha value is -4.90.